The SMILES string of the molecule is COc1ccc(Cc2c(C3CC3)nc3nc(N)[nH]n3c2=O)cc1. The molecule has 1 aliphatic carbocycles. The molecule has 1 aromatic carbocycles. The van der Waals surface area contributed by atoms with Gasteiger partial charge in [-0.05, 0) is 30.5 Å². The van der Waals surface area contributed by atoms with Gasteiger partial charge in [-0.15, -0.1) is 0 Å². The number of aromatic amines is 1. The van der Waals surface area contributed by atoms with Crippen molar-refractivity contribution < 1.29 is 4.74 Å². The van der Waals surface area contributed by atoms with Gasteiger partial charge in [-0.3, -0.25) is 9.89 Å². The molecule has 23 heavy (non-hydrogen) atoms. The van der Waals surface area contributed by atoms with Crippen LogP contribution >= 0.6 is 0 Å². The molecule has 118 valence electrons. The number of nitrogens with two attached hydrogens (primary N) is 1. The normalized spacial score (nSPS) is 14.3. The van der Waals surface area contributed by atoms with Crippen LogP contribution < -0.4 is 16.0 Å². The minimum Gasteiger partial charge on any atom is -0.497 e. The first-order valence-electron chi connectivity index (χ1n) is 7.55. The lowest BCUT2D eigenvalue weighted by molar-refractivity contribution is 0.414. The molecule has 0 spiro atoms. The number of hydrogen-bond donors (Lipinski definition) is 2. The van der Waals surface area contributed by atoms with Gasteiger partial charge in [-0.25, -0.2) is 4.98 Å². The number of fused-ring (bicyclic) bond motifs is 1. The van der Waals surface area contributed by atoms with E-state index in [4.69, 9.17) is 10.5 Å². The topological polar surface area (TPSA) is 98.3 Å². The summed E-state index contributed by atoms with van der Waals surface area (Å²) in [5.41, 5.74) is 8.13. The van der Waals surface area contributed by atoms with Gasteiger partial charge in [-0.1, -0.05) is 12.1 Å². The number of methoxy groups -OCH3 is 1. The van der Waals surface area contributed by atoms with Crippen molar-refractivity contribution in [2.24, 2.45) is 0 Å². The number of aromatic nitrogens is 4. The number of anilines is 1. The molecule has 0 unspecified atom stereocenters. The first kappa shape index (κ1) is 13.8. The van der Waals surface area contributed by atoms with Crippen molar-refractivity contribution in [3.63, 3.8) is 0 Å². The summed E-state index contributed by atoms with van der Waals surface area (Å²) in [6.45, 7) is 0. The van der Waals surface area contributed by atoms with Gasteiger partial charge in [0.05, 0.1) is 12.8 Å². The zero-order chi connectivity index (χ0) is 16.0. The second-order valence-electron chi connectivity index (χ2n) is 5.82. The molecule has 3 N–H and O–H groups in total. The van der Waals surface area contributed by atoms with E-state index in [9.17, 15) is 4.79 Å². The Hall–Kier alpha value is -2.83. The number of nitrogen functional groups attached to an aromatic ring is 1. The summed E-state index contributed by atoms with van der Waals surface area (Å²) in [6, 6.07) is 7.71. The van der Waals surface area contributed by atoms with Crippen molar-refractivity contribution in [2.45, 2.75) is 25.2 Å². The van der Waals surface area contributed by atoms with Crippen LogP contribution in [-0.2, 0) is 6.42 Å². The van der Waals surface area contributed by atoms with Crippen molar-refractivity contribution in [3.8, 4) is 5.75 Å². The number of hydrogen-bond acceptors (Lipinski definition) is 5. The molecule has 0 atom stereocenters. The fourth-order valence-corrected chi connectivity index (χ4v) is 2.79. The Kier molecular flexibility index (Phi) is 3.07. The van der Waals surface area contributed by atoms with Gasteiger partial charge in [0, 0.05) is 17.9 Å². The van der Waals surface area contributed by atoms with Crippen LogP contribution in [0.5, 0.6) is 5.75 Å². The van der Waals surface area contributed by atoms with Gasteiger partial charge in [0.25, 0.3) is 11.3 Å². The van der Waals surface area contributed by atoms with E-state index in [-0.39, 0.29) is 11.5 Å². The molecule has 1 aliphatic rings. The molecule has 0 saturated heterocycles. The molecule has 0 amide bonds. The maximum atomic E-state index is 12.8. The Labute approximate surface area is 132 Å². The van der Waals surface area contributed by atoms with E-state index in [0.717, 1.165) is 29.8 Å². The standard InChI is InChI=1S/C16H17N5O2/c1-23-11-6-2-9(3-7-11)8-12-13(10-4-5-10)18-16-19-15(17)20-21(16)14(12)22/h2-3,6-7,10H,4-5,8H2,1H3,(H3,17,18,19,20). The molecule has 1 saturated carbocycles. The Morgan fingerprint density at radius 2 is 2.04 bits per heavy atom. The lowest BCUT2D eigenvalue weighted by Gasteiger charge is -2.08. The quantitative estimate of drug-likeness (QED) is 0.760. The highest BCUT2D eigenvalue weighted by Crippen LogP contribution is 2.40. The molecule has 0 bridgehead atoms. The van der Waals surface area contributed by atoms with Crippen LogP contribution in [-0.4, -0.2) is 26.7 Å². The fourth-order valence-electron chi connectivity index (χ4n) is 2.79. The number of nitrogens with one attached hydrogen (secondary N) is 1. The van der Waals surface area contributed by atoms with Crippen LogP contribution in [0.3, 0.4) is 0 Å². The Morgan fingerprint density at radius 1 is 1.30 bits per heavy atom. The minimum absolute atomic E-state index is 0.128. The molecule has 7 heteroatoms. The number of nitrogens with zero attached hydrogens (tertiary/aromatic N) is 3. The molecule has 0 radical (unpaired) electrons. The highest BCUT2D eigenvalue weighted by Gasteiger charge is 2.30. The van der Waals surface area contributed by atoms with Crippen LogP contribution in [0, 0.1) is 0 Å². The van der Waals surface area contributed by atoms with E-state index in [1.54, 1.807) is 7.11 Å². The molecule has 2 heterocycles. The Bertz CT molecular complexity index is 922. The van der Waals surface area contributed by atoms with Gasteiger partial charge >= 0.3 is 0 Å². The molecule has 7 nitrogen and oxygen atoms in total. The highest BCUT2D eigenvalue weighted by atomic mass is 16.5. The Morgan fingerprint density at radius 3 is 2.70 bits per heavy atom. The summed E-state index contributed by atoms with van der Waals surface area (Å²) in [7, 11) is 1.63. The van der Waals surface area contributed by atoms with E-state index in [1.165, 1.54) is 4.52 Å². The van der Waals surface area contributed by atoms with E-state index in [0.29, 0.717) is 23.7 Å². The van der Waals surface area contributed by atoms with Gasteiger partial charge in [0.15, 0.2) is 0 Å². The zero-order valence-corrected chi connectivity index (χ0v) is 12.7. The van der Waals surface area contributed by atoms with Crippen molar-refractivity contribution >= 4 is 11.7 Å². The Balaban J connectivity index is 1.81. The number of rotatable bonds is 4. The first-order valence-corrected chi connectivity index (χ1v) is 7.55. The smallest absolute Gasteiger partial charge is 0.277 e. The second-order valence-corrected chi connectivity index (χ2v) is 5.82. The lowest BCUT2D eigenvalue weighted by atomic mass is 10.0. The summed E-state index contributed by atoms with van der Waals surface area (Å²) < 4.78 is 6.49. The van der Waals surface area contributed by atoms with Crippen molar-refractivity contribution in [2.75, 3.05) is 12.8 Å². The lowest BCUT2D eigenvalue weighted by Crippen LogP contribution is -2.23. The molecule has 4 rings (SSSR count). The molecule has 2 aromatic heterocycles. The average molecular weight is 311 g/mol. The third kappa shape index (κ3) is 2.44. The third-order valence-corrected chi connectivity index (χ3v) is 4.14. The summed E-state index contributed by atoms with van der Waals surface area (Å²) in [5, 5.41) is 2.75. The largest absolute Gasteiger partial charge is 0.497 e. The van der Waals surface area contributed by atoms with Crippen molar-refractivity contribution in [1.82, 2.24) is 19.6 Å². The second kappa shape index (κ2) is 5.12. The monoisotopic (exact) mass is 311 g/mol. The molecule has 1 fully saturated rings. The highest BCUT2D eigenvalue weighted by molar-refractivity contribution is 5.41. The van der Waals surface area contributed by atoms with E-state index >= 15 is 0 Å². The van der Waals surface area contributed by atoms with Crippen molar-refractivity contribution in [1.29, 1.82) is 0 Å². The number of ether oxygens (including phenoxy) is 1. The zero-order valence-electron chi connectivity index (χ0n) is 12.7. The average Bonchev–Trinajstić information content (AvgIpc) is 3.33. The summed E-state index contributed by atoms with van der Waals surface area (Å²) >= 11 is 0. The van der Waals surface area contributed by atoms with Gasteiger partial charge < -0.3 is 10.5 Å². The van der Waals surface area contributed by atoms with Crippen molar-refractivity contribution in [3.05, 3.63) is 51.4 Å². The summed E-state index contributed by atoms with van der Waals surface area (Å²) in [5.74, 6) is 1.69. The van der Waals surface area contributed by atoms with E-state index < -0.39 is 0 Å². The van der Waals surface area contributed by atoms with Crippen LogP contribution in [0.2, 0.25) is 0 Å². The molecular formula is C16H17N5O2. The molecular weight excluding hydrogens is 294 g/mol. The van der Waals surface area contributed by atoms with Crippen LogP contribution in [0.1, 0.15) is 35.6 Å². The predicted molar refractivity (Wildman–Crippen MR) is 85.8 cm³/mol. The maximum Gasteiger partial charge on any atom is 0.277 e. The van der Waals surface area contributed by atoms with Gasteiger partial charge in [0.1, 0.15) is 5.75 Å². The molecule has 3 aromatic rings. The van der Waals surface area contributed by atoms with Gasteiger partial charge in [-0.2, -0.15) is 9.50 Å². The number of benzene rings is 1. The van der Waals surface area contributed by atoms with E-state index in [2.05, 4.69) is 15.1 Å². The fraction of sp³-hybridized carbons (Fsp3) is 0.312. The first-order chi connectivity index (χ1) is 11.2. The molecule has 0 aliphatic heterocycles. The third-order valence-electron chi connectivity index (χ3n) is 4.14. The van der Waals surface area contributed by atoms with E-state index in [1.807, 2.05) is 24.3 Å². The van der Waals surface area contributed by atoms with Gasteiger partial charge in [0.2, 0.25) is 5.95 Å². The van der Waals surface area contributed by atoms with Crippen LogP contribution in [0.15, 0.2) is 29.1 Å². The number of H-pyrrole nitrogens is 1. The predicted octanol–water partition coefficient (Wildman–Crippen LogP) is 1.48. The van der Waals surface area contributed by atoms with Crippen LogP contribution in [0.4, 0.5) is 5.95 Å². The maximum absolute atomic E-state index is 12.8. The summed E-state index contributed by atoms with van der Waals surface area (Å²) in [4.78, 5) is 21.4. The minimum atomic E-state index is -0.128. The van der Waals surface area contributed by atoms with Crippen LogP contribution in [0.25, 0.3) is 5.78 Å². The summed E-state index contributed by atoms with van der Waals surface area (Å²) in [6.07, 6.45) is 2.67.